The maximum atomic E-state index is 5.22. The van der Waals surface area contributed by atoms with E-state index in [0.29, 0.717) is 5.82 Å². The number of rotatable bonds is 6. The summed E-state index contributed by atoms with van der Waals surface area (Å²) >= 11 is 0. The summed E-state index contributed by atoms with van der Waals surface area (Å²) in [4.78, 5) is 15.0. The Hall–Kier alpha value is -6.45. The van der Waals surface area contributed by atoms with Crippen LogP contribution >= 0.6 is 0 Å². The van der Waals surface area contributed by atoms with E-state index >= 15 is 0 Å². The second-order valence-electron chi connectivity index (χ2n) is 14.2. The molecule has 52 heavy (non-hydrogen) atoms. The second kappa shape index (κ2) is 12.7. The first-order valence-electron chi connectivity index (χ1n) is 17.8. The highest BCUT2D eigenvalue weighted by Crippen LogP contribution is 2.49. The summed E-state index contributed by atoms with van der Waals surface area (Å²) in [7, 11) is 0. The molecule has 248 valence electrons. The van der Waals surface area contributed by atoms with Gasteiger partial charge in [0.05, 0.1) is 11.4 Å². The molecule has 0 N–H and O–H groups in total. The van der Waals surface area contributed by atoms with Crippen molar-refractivity contribution in [2.45, 2.75) is 26.2 Å². The molecular weight excluding hydrogens is 631 g/mol. The number of fused-ring (bicyclic) bond motifs is 3. The SMILES string of the molecule is Cc1ccc(-c2ccc(-c3cc(-c4ccc5c(c4)-c4ccccc4C5(C)C)cc(-c4nc(-c5ccccc5)cc(-c5ccccc5)n4)c3)cc2)cn1. The first-order valence-corrected chi connectivity index (χ1v) is 17.8. The number of nitrogens with zero attached hydrogens (tertiary/aromatic N) is 3. The molecule has 0 aliphatic heterocycles. The highest BCUT2D eigenvalue weighted by Gasteiger charge is 2.35. The molecule has 3 heteroatoms. The number of hydrogen-bond acceptors (Lipinski definition) is 3. The van der Waals surface area contributed by atoms with Crippen molar-refractivity contribution >= 4 is 0 Å². The van der Waals surface area contributed by atoms with Crippen LogP contribution in [0.2, 0.25) is 0 Å². The third-order valence-corrected chi connectivity index (χ3v) is 10.4. The Balaban J connectivity index is 1.23. The van der Waals surface area contributed by atoms with Crippen LogP contribution in [0.4, 0.5) is 0 Å². The summed E-state index contributed by atoms with van der Waals surface area (Å²) in [5.74, 6) is 0.693. The molecule has 0 saturated carbocycles. The molecule has 2 aromatic heterocycles. The highest BCUT2D eigenvalue weighted by molar-refractivity contribution is 5.87. The van der Waals surface area contributed by atoms with Crippen LogP contribution in [0.15, 0.2) is 170 Å². The molecule has 0 bridgehead atoms. The number of hydrogen-bond donors (Lipinski definition) is 0. The van der Waals surface area contributed by atoms with Gasteiger partial charge in [0.15, 0.2) is 5.82 Å². The van der Waals surface area contributed by atoms with Crippen molar-refractivity contribution in [2.24, 2.45) is 0 Å². The lowest BCUT2D eigenvalue weighted by atomic mass is 9.82. The van der Waals surface area contributed by atoms with Gasteiger partial charge in [0.25, 0.3) is 0 Å². The van der Waals surface area contributed by atoms with Crippen LogP contribution in [0.3, 0.4) is 0 Å². The third-order valence-electron chi connectivity index (χ3n) is 10.4. The Bertz CT molecular complexity index is 2510. The summed E-state index contributed by atoms with van der Waals surface area (Å²) in [6.45, 7) is 6.67. The molecule has 1 aliphatic carbocycles. The summed E-state index contributed by atoms with van der Waals surface area (Å²) in [5.41, 5.74) is 17.9. The standard InChI is InChI=1S/C49H37N3/c1-32-18-19-38(31-50-32)33-20-22-34(23-21-33)39-26-40(37-24-25-45-43(29-37)42-16-10-11-17-44(42)49(45,2)3)28-41(27-39)48-51-46(35-12-6-4-7-13-35)30-47(52-48)36-14-8-5-9-15-36/h4-31H,1-3H3. The largest absolute Gasteiger partial charge is 0.261 e. The van der Waals surface area contributed by atoms with Gasteiger partial charge in [-0.3, -0.25) is 4.98 Å². The molecule has 3 nitrogen and oxygen atoms in total. The normalized spacial score (nSPS) is 12.7. The Kier molecular flexibility index (Phi) is 7.70. The van der Waals surface area contributed by atoms with E-state index in [1.165, 1.54) is 27.8 Å². The summed E-state index contributed by atoms with van der Waals surface area (Å²) in [6, 6.07) is 58.4. The number of aryl methyl sites for hydroxylation is 1. The van der Waals surface area contributed by atoms with Gasteiger partial charge in [0, 0.05) is 39.6 Å². The highest BCUT2D eigenvalue weighted by atomic mass is 14.9. The van der Waals surface area contributed by atoms with Gasteiger partial charge < -0.3 is 0 Å². The molecule has 9 rings (SSSR count). The molecule has 0 spiro atoms. The van der Waals surface area contributed by atoms with Crippen LogP contribution in [-0.4, -0.2) is 15.0 Å². The fourth-order valence-electron chi connectivity index (χ4n) is 7.57. The van der Waals surface area contributed by atoms with Crippen LogP contribution in [0, 0.1) is 6.92 Å². The van der Waals surface area contributed by atoms with Crippen molar-refractivity contribution in [2.75, 3.05) is 0 Å². The first kappa shape index (κ1) is 31.5. The predicted octanol–water partition coefficient (Wildman–Crippen LogP) is 12.5. The van der Waals surface area contributed by atoms with E-state index in [0.717, 1.165) is 61.6 Å². The Morgan fingerprint density at radius 2 is 0.904 bits per heavy atom. The number of pyridine rings is 1. The second-order valence-corrected chi connectivity index (χ2v) is 14.2. The minimum atomic E-state index is -0.0499. The zero-order valence-corrected chi connectivity index (χ0v) is 29.5. The van der Waals surface area contributed by atoms with Crippen LogP contribution in [0.25, 0.3) is 78.4 Å². The average Bonchev–Trinajstić information content (AvgIpc) is 3.44. The maximum absolute atomic E-state index is 5.22. The van der Waals surface area contributed by atoms with Gasteiger partial charge in [-0.2, -0.15) is 0 Å². The maximum Gasteiger partial charge on any atom is 0.160 e. The molecule has 0 atom stereocenters. The molecule has 0 saturated heterocycles. The van der Waals surface area contributed by atoms with Crippen LogP contribution in [0.1, 0.15) is 30.7 Å². The summed E-state index contributed by atoms with van der Waals surface area (Å²) in [6.07, 6.45) is 1.94. The van der Waals surface area contributed by atoms with Gasteiger partial charge >= 0.3 is 0 Å². The van der Waals surface area contributed by atoms with Crippen molar-refractivity contribution in [1.29, 1.82) is 0 Å². The summed E-state index contributed by atoms with van der Waals surface area (Å²) in [5, 5.41) is 0. The average molecular weight is 668 g/mol. The minimum Gasteiger partial charge on any atom is -0.261 e. The van der Waals surface area contributed by atoms with Gasteiger partial charge in [-0.1, -0.05) is 141 Å². The van der Waals surface area contributed by atoms with Gasteiger partial charge in [-0.25, -0.2) is 9.97 Å². The zero-order valence-electron chi connectivity index (χ0n) is 29.5. The lowest BCUT2D eigenvalue weighted by Crippen LogP contribution is -2.14. The molecule has 0 unspecified atom stereocenters. The quantitative estimate of drug-likeness (QED) is 0.177. The van der Waals surface area contributed by atoms with Crippen LogP contribution < -0.4 is 0 Å². The van der Waals surface area contributed by atoms with Crippen molar-refractivity contribution in [3.63, 3.8) is 0 Å². The Morgan fingerprint density at radius 1 is 0.385 bits per heavy atom. The smallest absolute Gasteiger partial charge is 0.160 e. The van der Waals surface area contributed by atoms with E-state index in [-0.39, 0.29) is 5.41 Å². The van der Waals surface area contributed by atoms with Gasteiger partial charge in [-0.15, -0.1) is 0 Å². The molecule has 0 amide bonds. The van der Waals surface area contributed by atoms with Gasteiger partial charge in [0.1, 0.15) is 0 Å². The van der Waals surface area contributed by atoms with E-state index in [4.69, 9.17) is 9.97 Å². The molecule has 8 aromatic rings. The van der Waals surface area contributed by atoms with E-state index in [2.05, 4.69) is 170 Å². The van der Waals surface area contributed by atoms with E-state index in [1.807, 2.05) is 25.3 Å². The molecule has 2 heterocycles. The van der Waals surface area contributed by atoms with Crippen LogP contribution in [-0.2, 0) is 5.41 Å². The zero-order chi connectivity index (χ0) is 35.2. The Labute approximate surface area is 305 Å². The molecular formula is C49H37N3. The van der Waals surface area contributed by atoms with Crippen LogP contribution in [0.5, 0.6) is 0 Å². The molecule has 0 fully saturated rings. The molecule has 0 radical (unpaired) electrons. The predicted molar refractivity (Wildman–Crippen MR) is 215 cm³/mol. The fraction of sp³-hybridized carbons (Fsp3) is 0.0816. The molecule has 1 aliphatic rings. The van der Waals surface area contributed by atoms with E-state index in [1.54, 1.807) is 0 Å². The van der Waals surface area contributed by atoms with Crippen molar-refractivity contribution in [3.8, 4) is 78.4 Å². The molecule has 6 aromatic carbocycles. The summed E-state index contributed by atoms with van der Waals surface area (Å²) < 4.78 is 0. The topological polar surface area (TPSA) is 38.7 Å². The number of benzene rings is 6. The lowest BCUT2D eigenvalue weighted by Gasteiger charge is -2.21. The minimum absolute atomic E-state index is 0.0499. The number of aromatic nitrogens is 3. The van der Waals surface area contributed by atoms with Crippen molar-refractivity contribution in [3.05, 3.63) is 187 Å². The van der Waals surface area contributed by atoms with E-state index < -0.39 is 0 Å². The van der Waals surface area contributed by atoms with Gasteiger partial charge in [-0.05, 0) is 93.4 Å². The Morgan fingerprint density at radius 3 is 1.54 bits per heavy atom. The van der Waals surface area contributed by atoms with E-state index in [9.17, 15) is 0 Å². The van der Waals surface area contributed by atoms with Crippen molar-refractivity contribution < 1.29 is 0 Å². The van der Waals surface area contributed by atoms with Crippen molar-refractivity contribution in [1.82, 2.24) is 15.0 Å². The van der Waals surface area contributed by atoms with Gasteiger partial charge in [0.2, 0.25) is 0 Å². The third kappa shape index (κ3) is 5.71. The fourth-order valence-corrected chi connectivity index (χ4v) is 7.57. The monoisotopic (exact) mass is 667 g/mol. The first-order chi connectivity index (χ1) is 25.4. The lowest BCUT2D eigenvalue weighted by molar-refractivity contribution is 0.660.